The van der Waals surface area contributed by atoms with Gasteiger partial charge in [0.1, 0.15) is 17.0 Å². The third-order valence-corrected chi connectivity index (χ3v) is 5.20. The summed E-state index contributed by atoms with van der Waals surface area (Å²) in [5.41, 5.74) is 3.61. The normalized spacial score (nSPS) is 10.9. The Morgan fingerprint density at radius 2 is 1.72 bits per heavy atom. The van der Waals surface area contributed by atoms with E-state index in [-0.39, 0.29) is 5.91 Å². The Bertz CT molecular complexity index is 1180. The van der Waals surface area contributed by atoms with Gasteiger partial charge in [0.05, 0.1) is 21.4 Å². The van der Waals surface area contributed by atoms with Crippen molar-refractivity contribution in [1.29, 1.82) is 0 Å². The predicted octanol–water partition coefficient (Wildman–Crippen LogP) is 6.31. The molecule has 5 nitrogen and oxygen atoms in total. The first-order valence-corrected chi connectivity index (χ1v) is 9.67. The Labute approximate surface area is 177 Å². The van der Waals surface area contributed by atoms with E-state index in [0.717, 1.165) is 11.3 Å². The topological polar surface area (TPSA) is 60.1 Å². The number of carbonyl (C=O) groups is 1. The Hall–Kier alpha value is -3.02. The highest BCUT2D eigenvalue weighted by atomic mass is 35.5. The highest BCUT2D eigenvalue weighted by molar-refractivity contribution is 6.39. The second kappa shape index (κ2) is 7.78. The van der Waals surface area contributed by atoms with Crippen molar-refractivity contribution >= 4 is 34.8 Å². The molecule has 2 aromatic carbocycles. The molecule has 0 saturated carbocycles. The van der Waals surface area contributed by atoms with Gasteiger partial charge in [-0.2, -0.15) is 0 Å². The van der Waals surface area contributed by atoms with Crippen LogP contribution in [0.1, 0.15) is 21.7 Å². The molecule has 1 N–H and O–H groups in total. The summed E-state index contributed by atoms with van der Waals surface area (Å²) in [7, 11) is 0. The number of aryl methyl sites for hydroxylation is 2. The van der Waals surface area contributed by atoms with Crippen molar-refractivity contribution in [1.82, 2.24) is 9.72 Å². The van der Waals surface area contributed by atoms with E-state index in [1.54, 1.807) is 25.1 Å². The first-order valence-electron chi connectivity index (χ1n) is 8.91. The molecule has 2 aromatic heterocycles. The van der Waals surface area contributed by atoms with Gasteiger partial charge in [0.15, 0.2) is 0 Å². The zero-order valence-electron chi connectivity index (χ0n) is 15.7. The van der Waals surface area contributed by atoms with Crippen LogP contribution in [0.4, 0.5) is 5.69 Å². The van der Waals surface area contributed by atoms with E-state index in [4.69, 9.17) is 27.7 Å². The third-order valence-electron chi connectivity index (χ3n) is 4.57. The van der Waals surface area contributed by atoms with E-state index in [1.165, 1.54) is 0 Å². The first-order chi connectivity index (χ1) is 14.0. The van der Waals surface area contributed by atoms with Crippen molar-refractivity contribution in [2.45, 2.75) is 13.8 Å². The fraction of sp³-hybridized carbons (Fsp3) is 0.0909. The highest BCUT2D eigenvalue weighted by Gasteiger charge is 2.25. The molecule has 29 heavy (non-hydrogen) atoms. The Kier molecular flexibility index (Phi) is 5.18. The Morgan fingerprint density at radius 1 is 1.03 bits per heavy atom. The summed E-state index contributed by atoms with van der Waals surface area (Å²) in [4.78, 5) is 13.2. The number of hydrogen-bond acceptors (Lipinski definition) is 3. The van der Waals surface area contributed by atoms with Crippen molar-refractivity contribution in [3.8, 4) is 16.9 Å². The van der Waals surface area contributed by atoms with Gasteiger partial charge in [-0.1, -0.05) is 40.5 Å². The van der Waals surface area contributed by atoms with Crippen molar-refractivity contribution < 1.29 is 9.32 Å². The fourth-order valence-corrected chi connectivity index (χ4v) is 3.77. The summed E-state index contributed by atoms with van der Waals surface area (Å²) in [6.07, 6.45) is 3.83. The molecule has 0 atom stereocenters. The number of nitrogens with zero attached hydrogens (tertiary/aromatic N) is 2. The van der Waals surface area contributed by atoms with Crippen LogP contribution in [-0.4, -0.2) is 15.6 Å². The molecule has 0 aliphatic heterocycles. The van der Waals surface area contributed by atoms with Crippen LogP contribution in [0.3, 0.4) is 0 Å². The zero-order chi connectivity index (χ0) is 20.5. The maximum Gasteiger partial charge on any atom is 0.261 e. The van der Waals surface area contributed by atoms with Crippen LogP contribution >= 0.6 is 23.2 Å². The van der Waals surface area contributed by atoms with Crippen LogP contribution in [0.25, 0.3) is 16.9 Å². The number of rotatable bonds is 4. The number of benzene rings is 2. The number of aromatic nitrogens is 2. The third kappa shape index (κ3) is 3.67. The molecule has 0 unspecified atom stereocenters. The Balaban J connectivity index is 1.77. The molecular formula is C22H17Cl2N3O2. The molecule has 0 aliphatic carbocycles. The number of anilines is 1. The largest absolute Gasteiger partial charge is 0.360 e. The molecule has 0 spiro atoms. The smallest absolute Gasteiger partial charge is 0.261 e. The van der Waals surface area contributed by atoms with Gasteiger partial charge in [0.25, 0.3) is 5.91 Å². The van der Waals surface area contributed by atoms with E-state index in [9.17, 15) is 4.79 Å². The number of halogens is 2. The fourth-order valence-electron chi connectivity index (χ4n) is 3.19. The predicted molar refractivity (Wildman–Crippen MR) is 115 cm³/mol. The van der Waals surface area contributed by atoms with Gasteiger partial charge < -0.3 is 14.4 Å². The molecule has 146 valence electrons. The summed E-state index contributed by atoms with van der Waals surface area (Å²) >= 11 is 12.6. The minimum absolute atomic E-state index is 0.292. The Morgan fingerprint density at radius 3 is 2.41 bits per heavy atom. The lowest BCUT2D eigenvalue weighted by molar-refractivity contribution is 0.102. The SMILES string of the molecule is Cc1ccc(-n2cccc2)c(NC(=O)c2c(-c3c(Cl)cccc3Cl)noc2C)c1. The number of amides is 1. The highest BCUT2D eigenvalue weighted by Crippen LogP contribution is 2.37. The molecule has 4 aromatic rings. The molecule has 0 radical (unpaired) electrons. The molecule has 0 fully saturated rings. The molecule has 0 bridgehead atoms. The second-order valence-corrected chi connectivity index (χ2v) is 7.44. The van der Waals surface area contributed by atoms with Crippen LogP contribution in [-0.2, 0) is 0 Å². The van der Waals surface area contributed by atoms with Crippen molar-refractivity contribution in [2.75, 3.05) is 5.32 Å². The standard InChI is InChI=1S/C22H17Cl2N3O2/c1-13-8-9-18(27-10-3-4-11-27)17(12-13)25-22(28)19-14(2)29-26-21(19)20-15(23)6-5-7-16(20)24/h3-12H,1-2H3,(H,25,28). The van der Waals surface area contributed by atoms with E-state index >= 15 is 0 Å². The lowest BCUT2D eigenvalue weighted by Gasteiger charge is -2.13. The second-order valence-electron chi connectivity index (χ2n) is 6.62. The van der Waals surface area contributed by atoms with Gasteiger partial charge in [-0.25, -0.2) is 0 Å². The van der Waals surface area contributed by atoms with Crippen molar-refractivity contribution in [3.63, 3.8) is 0 Å². The van der Waals surface area contributed by atoms with Gasteiger partial charge in [-0.05, 0) is 55.8 Å². The molecule has 2 heterocycles. The minimum atomic E-state index is -0.353. The first kappa shape index (κ1) is 19.3. The molecular weight excluding hydrogens is 409 g/mol. The van der Waals surface area contributed by atoms with E-state index in [1.807, 2.05) is 54.2 Å². The molecule has 1 amide bonds. The van der Waals surface area contributed by atoms with Gasteiger partial charge in [-0.15, -0.1) is 0 Å². The van der Waals surface area contributed by atoms with E-state index < -0.39 is 0 Å². The molecule has 4 rings (SSSR count). The maximum atomic E-state index is 13.2. The van der Waals surface area contributed by atoms with E-state index in [2.05, 4.69) is 10.5 Å². The monoisotopic (exact) mass is 425 g/mol. The van der Waals surface area contributed by atoms with Crippen LogP contribution < -0.4 is 5.32 Å². The van der Waals surface area contributed by atoms with Gasteiger partial charge >= 0.3 is 0 Å². The lowest BCUT2D eigenvalue weighted by atomic mass is 10.0. The van der Waals surface area contributed by atoms with Crippen LogP contribution in [0.5, 0.6) is 0 Å². The zero-order valence-corrected chi connectivity index (χ0v) is 17.3. The van der Waals surface area contributed by atoms with Crippen molar-refractivity contribution in [2.24, 2.45) is 0 Å². The van der Waals surface area contributed by atoms with Gasteiger partial charge in [0.2, 0.25) is 0 Å². The van der Waals surface area contributed by atoms with Crippen LogP contribution in [0.15, 0.2) is 65.4 Å². The summed E-state index contributed by atoms with van der Waals surface area (Å²) < 4.78 is 7.24. The minimum Gasteiger partial charge on any atom is -0.360 e. The molecule has 0 saturated heterocycles. The summed E-state index contributed by atoms with van der Waals surface area (Å²) in [5, 5.41) is 7.82. The molecule has 0 aliphatic rings. The summed E-state index contributed by atoms with van der Waals surface area (Å²) in [5.74, 6) is 0.0254. The van der Waals surface area contributed by atoms with Crippen LogP contribution in [0, 0.1) is 13.8 Å². The average Bonchev–Trinajstić information content (AvgIpc) is 3.32. The summed E-state index contributed by atoms with van der Waals surface area (Å²) in [6, 6.07) is 14.8. The lowest BCUT2D eigenvalue weighted by Crippen LogP contribution is -2.15. The number of nitrogens with one attached hydrogen (secondary N) is 1. The number of carbonyl (C=O) groups excluding carboxylic acids is 1. The number of hydrogen-bond donors (Lipinski definition) is 1. The quantitative estimate of drug-likeness (QED) is 0.416. The van der Waals surface area contributed by atoms with Gasteiger partial charge in [-0.3, -0.25) is 4.79 Å². The van der Waals surface area contributed by atoms with Crippen LogP contribution in [0.2, 0.25) is 10.0 Å². The van der Waals surface area contributed by atoms with Crippen molar-refractivity contribution in [3.05, 3.63) is 87.9 Å². The van der Waals surface area contributed by atoms with E-state index in [0.29, 0.717) is 38.3 Å². The molecule has 7 heteroatoms. The summed E-state index contributed by atoms with van der Waals surface area (Å²) in [6.45, 7) is 3.65. The average molecular weight is 426 g/mol. The van der Waals surface area contributed by atoms with Gasteiger partial charge in [0, 0.05) is 18.0 Å². The maximum absolute atomic E-state index is 13.2.